The van der Waals surface area contributed by atoms with Gasteiger partial charge in [-0.2, -0.15) is 5.10 Å². The number of nitro groups is 1. The van der Waals surface area contributed by atoms with Crippen LogP contribution in [0.15, 0.2) is 35.5 Å². The quantitative estimate of drug-likeness (QED) is 0.632. The summed E-state index contributed by atoms with van der Waals surface area (Å²) in [4.78, 5) is 10.0. The summed E-state index contributed by atoms with van der Waals surface area (Å²) in [6.45, 7) is 0. The number of aryl methyl sites for hydroxylation is 1. The van der Waals surface area contributed by atoms with Gasteiger partial charge in [0.2, 0.25) is 0 Å². The molecule has 0 aliphatic carbocycles. The van der Waals surface area contributed by atoms with Crippen LogP contribution in [0.2, 0.25) is 0 Å². The minimum atomic E-state index is -4.09. The zero-order valence-corrected chi connectivity index (χ0v) is 12.1. The molecule has 2 aromatic rings. The van der Waals surface area contributed by atoms with Crippen molar-refractivity contribution in [1.82, 2.24) is 9.78 Å². The number of nitro benzene ring substituents is 1. The summed E-state index contributed by atoms with van der Waals surface area (Å²) in [5.74, 6) is 0. The maximum atomic E-state index is 12.3. The molecule has 9 nitrogen and oxygen atoms in total. The number of para-hydroxylation sites is 1. The zero-order chi connectivity index (χ0) is 15.6. The highest BCUT2D eigenvalue weighted by Gasteiger charge is 2.29. The molecule has 0 amide bonds. The third-order valence-electron chi connectivity index (χ3n) is 2.70. The fraction of sp³-hybridized carbons (Fsp3) is 0.182. The molecule has 0 atom stereocenters. The van der Waals surface area contributed by atoms with E-state index < -0.39 is 25.5 Å². The Morgan fingerprint density at radius 1 is 1.38 bits per heavy atom. The molecule has 1 aromatic carbocycles. The van der Waals surface area contributed by atoms with Gasteiger partial charge in [0, 0.05) is 20.3 Å². The molecule has 2 rings (SSSR count). The Morgan fingerprint density at radius 2 is 2.10 bits per heavy atom. The molecule has 0 spiro atoms. The molecule has 21 heavy (non-hydrogen) atoms. The number of aromatic nitrogens is 2. The van der Waals surface area contributed by atoms with Crippen molar-refractivity contribution in [2.45, 2.75) is 4.90 Å². The van der Waals surface area contributed by atoms with Gasteiger partial charge in [0.1, 0.15) is 5.69 Å². The number of anilines is 2. The van der Waals surface area contributed by atoms with Crippen LogP contribution in [0.25, 0.3) is 0 Å². The van der Waals surface area contributed by atoms with Gasteiger partial charge in [-0.3, -0.25) is 19.5 Å². The highest BCUT2D eigenvalue weighted by molar-refractivity contribution is 7.92. The van der Waals surface area contributed by atoms with Crippen molar-refractivity contribution < 1.29 is 13.3 Å². The molecule has 0 aliphatic rings. The molecule has 10 heteroatoms. The predicted molar refractivity (Wildman–Crippen MR) is 76.7 cm³/mol. The summed E-state index contributed by atoms with van der Waals surface area (Å²) >= 11 is 0. The monoisotopic (exact) mass is 311 g/mol. The van der Waals surface area contributed by atoms with Crippen LogP contribution in [0, 0.1) is 10.1 Å². The summed E-state index contributed by atoms with van der Waals surface area (Å²) < 4.78 is 28.3. The number of nitrogens with one attached hydrogen (secondary N) is 2. The van der Waals surface area contributed by atoms with Crippen molar-refractivity contribution in [2.75, 3.05) is 17.1 Å². The Balaban J connectivity index is 2.52. The largest absolute Gasteiger partial charge is 0.383 e. The van der Waals surface area contributed by atoms with Crippen molar-refractivity contribution in [1.29, 1.82) is 0 Å². The molecule has 0 aliphatic heterocycles. The topological polar surface area (TPSA) is 119 Å². The van der Waals surface area contributed by atoms with Crippen LogP contribution < -0.4 is 10.0 Å². The van der Waals surface area contributed by atoms with Gasteiger partial charge in [-0.05, 0) is 12.1 Å². The molecule has 1 aromatic heterocycles. The highest BCUT2D eigenvalue weighted by Crippen LogP contribution is 2.32. The van der Waals surface area contributed by atoms with Crippen LogP contribution in [0.1, 0.15) is 0 Å². The van der Waals surface area contributed by atoms with Gasteiger partial charge in [-0.15, -0.1) is 0 Å². The molecular weight excluding hydrogens is 298 g/mol. The predicted octanol–water partition coefficient (Wildman–Crippen LogP) is 1.17. The first kappa shape index (κ1) is 14.8. The molecule has 0 bridgehead atoms. The Bertz CT molecular complexity index is 784. The van der Waals surface area contributed by atoms with Crippen LogP contribution in [0.3, 0.4) is 0 Å². The van der Waals surface area contributed by atoms with E-state index in [2.05, 4.69) is 15.1 Å². The smallest absolute Gasteiger partial charge is 0.312 e. The van der Waals surface area contributed by atoms with Crippen LogP contribution in [0.4, 0.5) is 17.1 Å². The van der Waals surface area contributed by atoms with Crippen LogP contribution in [-0.2, 0) is 17.1 Å². The second-order valence-corrected chi connectivity index (χ2v) is 5.82. The van der Waals surface area contributed by atoms with Crippen molar-refractivity contribution in [3.63, 3.8) is 0 Å². The normalized spacial score (nSPS) is 11.1. The first-order valence-electron chi connectivity index (χ1n) is 5.82. The Morgan fingerprint density at radius 3 is 2.62 bits per heavy atom. The van der Waals surface area contributed by atoms with Crippen molar-refractivity contribution in [3.05, 3.63) is 40.7 Å². The first-order chi connectivity index (χ1) is 9.85. The average Bonchev–Trinajstić information content (AvgIpc) is 2.82. The van der Waals surface area contributed by atoms with E-state index in [4.69, 9.17) is 0 Å². The summed E-state index contributed by atoms with van der Waals surface area (Å²) in [7, 11) is -0.987. The van der Waals surface area contributed by atoms with Gasteiger partial charge in [0.05, 0.1) is 16.8 Å². The first-order valence-corrected chi connectivity index (χ1v) is 7.30. The maximum Gasteiger partial charge on any atom is 0.312 e. The Kier molecular flexibility index (Phi) is 3.80. The lowest BCUT2D eigenvalue weighted by Crippen LogP contribution is -2.15. The molecule has 0 radical (unpaired) electrons. The summed E-state index contributed by atoms with van der Waals surface area (Å²) in [6.07, 6.45) is 2.76. The van der Waals surface area contributed by atoms with Crippen molar-refractivity contribution >= 4 is 27.1 Å². The molecular formula is C11H13N5O4S. The number of nitrogens with zero attached hydrogens (tertiary/aromatic N) is 3. The van der Waals surface area contributed by atoms with Crippen LogP contribution >= 0.6 is 0 Å². The van der Waals surface area contributed by atoms with Gasteiger partial charge in [0.15, 0.2) is 4.90 Å². The van der Waals surface area contributed by atoms with E-state index in [-0.39, 0.29) is 11.4 Å². The van der Waals surface area contributed by atoms with Crippen molar-refractivity contribution in [2.24, 2.45) is 7.05 Å². The second kappa shape index (κ2) is 5.40. The molecule has 1 heterocycles. The summed E-state index contributed by atoms with van der Waals surface area (Å²) in [5.41, 5.74) is -0.160. The molecule has 0 unspecified atom stereocenters. The number of hydrogen-bond donors (Lipinski definition) is 2. The number of sulfonamides is 1. The Hall–Kier alpha value is -2.62. The van der Waals surface area contributed by atoms with E-state index in [1.165, 1.54) is 42.3 Å². The van der Waals surface area contributed by atoms with Gasteiger partial charge >= 0.3 is 5.69 Å². The van der Waals surface area contributed by atoms with Crippen molar-refractivity contribution in [3.8, 4) is 0 Å². The molecule has 0 saturated heterocycles. The minimum absolute atomic E-state index is 0.120. The summed E-state index contributed by atoms with van der Waals surface area (Å²) in [6, 6.07) is 4.04. The third-order valence-corrected chi connectivity index (χ3v) is 4.11. The van der Waals surface area contributed by atoms with E-state index in [0.717, 1.165) is 0 Å². The fourth-order valence-corrected chi connectivity index (χ4v) is 3.04. The van der Waals surface area contributed by atoms with Crippen LogP contribution in [0.5, 0.6) is 0 Å². The van der Waals surface area contributed by atoms with Crippen LogP contribution in [-0.4, -0.2) is 30.2 Å². The highest BCUT2D eigenvalue weighted by atomic mass is 32.2. The van der Waals surface area contributed by atoms with E-state index in [9.17, 15) is 18.5 Å². The Labute approximate surface area is 120 Å². The third kappa shape index (κ3) is 2.94. The SMILES string of the molecule is CNc1cccc(S(=O)(=O)Nc2cnn(C)c2)c1[N+](=O)[O-]. The van der Waals surface area contributed by atoms with Gasteiger partial charge in [-0.25, -0.2) is 8.42 Å². The van der Waals surface area contributed by atoms with E-state index in [0.29, 0.717) is 0 Å². The lowest BCUT2D eigenvalue weighted by atomic mass is 10.3. The lowest BCUT2D eigenvalue weighted by Gasteiger charge is -2.09. The number of rotatable bonds is 5. The molecule has 2 N–H and O–H groups in total. The van der Waals surface area contributed by atoms with Gasteiger partial charge in [-0.1, -0.05) is 6.07 Å². The standard InChI is InChI=1S/C11H13N5O4S/c1-12-9-4-3-5-10(11(9)16(17)18)21(19,20)14-8-6-13-15(2)7-8/h3-7,12,14H,1-2H3. The number of hydrogen-bond acceptors (Lipinski definition) is 6. The van der Waals surface area contributed by atoms with Gasteiger partial charge in [0.25, 0.3) is 10.0 Å². The molecule has 0 fully saturated rings. The minimum Gasteiger partial charge on any atom is -0.383 e. The fourth-order valence-electron chi connectivity index (χ4n) is 1.81. The van der Waals surface area contributed by atoms with E-state index in [1.807, 2.05) is 0 Å². The molecule has 112 valence electrons. The maximum absolute atomic E-state index is 12.3. The zero-order valence-electron chi connectivity index (χ0n) is 11.3. The number of benzene rings is 1. The molecule has 0 saturated carbocycles. The van der Waals surface area contributed by atoms with Gasteiger partial charge < -0.3 is 5.32 Å². The average molecular weight is 311 g/mol. The summed E-state index contributed by atoms with van der Waals surface area (Å²) in [5, 5.41) is 17.6. The second-order valence-electron chi connectivity index (χ2n) is 4.17. The van der Waals surface area contributed by atoms with E-state index in [1.54, 1.807) is 7.05 Å². The lowest BCUT2D eigenvalue weighted by molar-refractivity contribution is -0.386. The van der Waals surface area contributed by atoms with E-state index >= 15 is 0 Å².